The fourth-order valence-corrected chi connectivity index (χ4v) is 2.45. The third-order valence-electron chi connectivity index (χ3n) is 3.91. The lowest BCUT2D eigenvalue weighted by molar-refractivity contribution is -0.111. The van der Waals surface area contributed by atoms with E-state index in [9.17, 15) is 9.59 Å². The first-order chi connectivity index (χ1) is 14.0. The van der Waals surface area contributed by atoms with Gasteiger partial charge in [0, 0.05) is 30.2 Å². The highest BCUT2D eigenvalue weighted by molar-refractivity contribution is 6.01. The number of para-hydroxylation sites is 1. The van der Waals surface area contributed by atoms with E-state index in [-0.39, 0.29) is 11.9 Å². The summed E-state index contributed by atoms with van der Waals surface area (Å²) in [5, 5.41) is 8.63. The van der Waals surface area contributed by atoms with Crippen LogP contribution in [0.1, 0.15) is 0 Å². The third kappa shape index (κ3) is 5.39. The number of carbonyl (C=O) groups is 2. The fraction of sp³-hybridized carbons (Fsp3) is 0.0476. The zero-order valence-corrected chi connectivity index (χ0v) is 15.8. The number of urea groups is 1. The van der Waals surface area contributed by atoms with Gasteiger partial charge in [0.05, 0.1) is 0 Å². The number of carbonyl (C=O) groups excluding carboxylic acids is 2. The Bertz CT molecular complexity index is 1020. The van der Waals surface area contributed by atoms with E-state index in [1.165, 1.54) is 17.3 Å². The summed E-state index contributed by atoms with van der Waals surface area (Å²) in [6.07, 6.45) is 2.57. The predicted molar refractivity (Wildman–Crippen MR) is 114 cm³/mol. The van der Waals surface area contributed by atoms with Crippen LogP contribution in [0.5, 0.6) is 0 Å². The Morgan fingerprint density at radius 1 is 0.931 bits per heavy atom. The number of anilines is 5. The molecule has 0 atom stereocenters. The number of rotatable bonds is 6. The average molecular weight is 388 g/mol. The van der Waals surface area contributed by atoms with Crippen molar-refractivity contribution < 1.29 is 9.59 Å². The minimum absolute atomic E-state index is 0.294. The number of nitrogens with zero attached hydrogens (tertiary/aromatic N) is 3. The fourth-order valence-electron chi connectivity index (χ4n) is 2.45. The summed E-state index contributed by atoms with van der Waals surface area (Å²) in [7, 11) is 1.62. The molecule has 1 aromatic heterocycles. The van der Waals surface area contributed by atoms with Crippen molar-refractivity contribution in [1.29, 1.82) is 0 Å². The summed E-state index contributed by atoms with van der Waals surface area (Å²) in [6, 6.07) is 17.6. The van der Waals surface area contributed by atoms with Crippen LogP contribution in [0.25, 0.3) is 0 Å². The lowest BCUT2D eigenvalue weighted by Gasteiger charge is -2.17. The molecule has 0 unspecified atom stereocenters. The second-order valence-corrected chi connectivity index (χ2v) is 6.02. The molecule has 0 radical (unpaired) electrons. The molecule has 146 valence electrons. The van der Waals surface area contributed by atoms with E-state index in [0.717, 1.165) is 0 Å². The topological polar surface area (TPSA) is 99.2 Å². The third-order valence-corrected chi connectivity index (χ3v) is 3.91. The second-order valence-electron chi connectivity index (χ2n) is 6.02. The summed E-state index contributed by atoms with van der Waals surface area (Å²) < 4.78 is 0. The van der Waals surface area contributed by atoms with Crippen molar-refractivity contribution in [3.8, 4) is 0 Å². The van der Waals surface area contributed by atoms with E-state index in [2.05, 4.69) is 32.5 Å². The van der Waals surface area contributed by atoms with Gasteiger partial charge in [-0.1, -0.05) is 30.8 Å². The Hall–Kier alpha value is -4.20. The Morgan fingerprint density at radius 3 is 2.41 bits per heavy atom. The minimum Gasteiger partial charge on any atom is -0.340 e. The van der Waals surface area contributed by atoms with Crippen molar-refractivity contribution in [2.24, 2.45) is 0 Å². The Balaban J connectivity index is 1.71. The monoisotopic (exact) mass is 388 g/mol. The van der Waals surface area contributed by atoms with Crippen molar-refractivity contribution >= 4 is 40.6 Å². The lowest BCUT2D eigenvalue weighted by atomic mass is 10.2. The van der Waals surface area contributed by atoms with Gasteiger partial charge in [-0.15, -0.1) is 0 Å². The summed E-state index contributed by atoms with van der Waals surface area (Å²) in [5.74, 6) is 0.631. The van der Waals surface area contributed by atoms with Gasteiger partial charge in [-0.2, -0.15) is 0 Å². The second kappa shape index (κ2) is 9.14. The van der Waals surface area contributed by atoms with E-state index < -0.39 is 0 Å². The standard InChI is InChI=1S/C21H20N6O2/c1-3-20(28)25-17-11-7-10-16(12-17)24-18-13-19(23-14-22-18)27(2)21(29)26-15-8-5-4-6-9-15/h3-14H,1H2,2H3,(H,25,28)(H,26,29)(H,22,23,24). The predicted octanol–water partition coefficient (Wildman–Crippen LogP) is 4.01. The van der Waals surface area contributed by atoms with Gasteiger partial charge in [-0.25, -0.2) is 14.8 Å². The van der Waals surface area contributed by atoms with Gasteiger partial charge in [0.15, 0.2) is 0 Å². The summed E-state index contributed by atoms with van der Waals surface area (Å²) >= 11 is 0. The first-order valence-corrected chi connectivity index (χ1v) is 8.77. The summed E-state index contributed by atoms with van der Waals surface area (Å²) in [6.45, 7) is 3.43. The lowest BCUT2D eigenvalue weighted by Crippen LogP contribution is -2.31. The molecule has 0 bridgehead atoms. The summed E-state index contributed by atoms with van der Waals surface area (Å²) in [5.41, 5.74) is 2.02. The largest absolute Gasteiger partial charge is 0.340 e. The highest BCUT2D eigenvalue weighted by Crippen LogP contribution is 2.21. The zero-order chi connectivity index (χ0) is 20.6. The molecule has 0 saturated heterocycles. The van der Waals surface area contributed by atoms with Crippen LogP contribution in [0.3, 0.4) is 0 Å². The molecule has 29 heavy (non-hydrogen) atoms. The van der Waals surface area contributed by atoms with Crippen LogP contribution in [0.2, 0.25) is 0 Å². The van der Waals surface area contributed by atoms with E-state index in [1.807, 2.05) is 24.3 Å². The van der Waals surface area contributed by atoms with Crippen LogP contribution in [-0.2, 0) is 4.79 Å². The van der Waals surface area contributed by atoms with E-state index in [1.54, 1.807) is 43.4 Å². The number of nitrogens with one attached hydrogen (secondary N) is 3. The molecule has 3 aromatic rings. The number of hydrogen-bond donors (Lipinski definition) is 3. The van der Waals surface area contributed by atoms with Crippen LogP contribution in [0.4, 0.5) is 33.5 Å². The SMILES string of the molecule is C=CC(=O)Nc1cccc(Nc2cc(N(C)C(=O)Nc3ccccc3)ncn2)c1. The van der Waals surface area contributed by atoms with Gasteiger partial charge >= 0.3 is 6.03 Å². The zero-order valence-electron chi connectivity index (χ0n) is 15.8. The van der Waals surface area contributed by atoms with Crippen LogP contribution in [-0.4, -0.2) is 29.0 Å². The van der Waals surface area contributed by atoms with Gasteiger partial charge in [0.25, 0.3) is 0 Å². The van der Waals surface area contributed by atoms with Crippen LogP contribution >= 0.6 is 0 Å². The smallest absolute Gasteiger partial charge is 0.327 e. The highest BCUT2D eigenvalue weighted by Gasteiger charge is 2.13. The Morgan fingerprint density at radius 2 is 1.66 bits per heavy atom. The minimum atomic E-state index is -0.324. The maximum Gasteiger partial charge on any atom is 0.327 e. The average Bonchev–Trinajstić information content (AvgIpc) is 2.74. The molecule has 0 aliphatic carbocycles. The summed E-state index contributed by atoms with van der Waals surface area (Å²) in [4.78, 5) is 33.6. The highest BCUT2D eigenvalue weighted by atomic mass is 16.2. The van der Waals surface area contributed by atoms with Crippen molar-refractivity contribution in [3.63, 3.8) is 0 Å². The van der Waals surface area contributed by atoms with Crippen LogP contribution in [0, 0.1) is 0 Å². The quantitative estimate of drug-likeness (QED) is 0.554. The van der Waals surface area contributed by atoms with Gasteiger partial charge in [-0.05, 0) is 36.4 Å². The molecule has 3 rings (SSSR count). The van der Waals surface area contributed by atoms with Crippen LogP contribution in [0.15, 0.2) is 79.6 Å². The Kier molecular flexibility index (Phi) is 6.16. The molecule has 0 fully saturated rings. The molecular formula is C21H20N6O2. The van der Waals surface area contributed by atoms with Gasteiger partial charge in [-0.3, -0.25) is 9.69 Å². The number of aromatic nitrogens is 2. The maximum atomic E-state index is 12.4. The first kappa shape index (κ1) is 19.6. The molecule has 3 amide bonds. The van der Waals surface area contributed by atoms with Gasteiger partial charge in [0.1, 0.15) is 18.0 Å². The van der Waals surface area contributed by atoms with Crippen molar-refractivity contribution in [3.05, 3.63) is 79.6 Å². The van der Waals surface area contributed by atoms with Gasteiger partial charge < -0.3 is 16.0 Å². The normalized spacial score (nSPS) is 9.97. The molecule has 0 aliphatic rings. The number of hydrogen-bond acceptors (Lipinski definition) is 5. The molecule has 8 heteroatoms. The number of amides is 3. The maximum absolute atomic E-state index is 12.4. The molecule has 1 heterocycles. The van der Waals surface area contributed by atoms with E-state index in [0.29, 0.717) is 28.7 Å². The first-order valence-electron chi connectivity index (χ1n) is 8.77. The van der Waals surface area contributed by atoms with Crippen molar-refractivity contribution in [1.82, 2.24) is 9.97 Å². The molecule has 2 aromatic carbocycles. The van der Waals surface area contributed by atoms with E-state index in [4.69, 9.17) is 0 Å². The van der Waals surface area contributed by atoms with Crippen molar-refractivity contribution in [2.45, 2.75) is 0 Å². The van der Waals surface area contributed by atoms with Gasteiger partial charge in [0.2, 0.25) is 5.91 Å². The molecular weight excluding hydrogens is 368 g/mol. The van der Waals surface area contributed by atoms with E-state index >= 15 is 0 Å². The molecule has 3 N–H and O–H groups in total. The molecule has 0 aliphatic heterocycles. The number of benzene rings is 2. The van der Waals surface area contributed by atoms with Crippen molar-refractivity contribution in [2.75, 3.05) is 27.9 Å². The van der Waals surface area contributed by atoms with Crippen LogP contribution < -0.4 is 20.9 Å². The molecule has 0 spiro atoms. The molecule has 0 saturated carbocycles. The Labute approximate surface area is 168 Å². The molecule has 8 nitrogen and oxygen atoms in total.